The van der Waals surface area contributed by atoms with Crippen LogP contribution in [0.2, 0.25) is 0 Å². The zero-order valence-corrected chi connectivity index (χ0v) is 12.0. The van der Waals surface area contributed by atoms with Crippen LogP contribution < -0.4 is 14.8 Å². The van der Waals surface area contributed by atoms with Gasteiger partial charge in [0.15, 0.2) is 0 Å². The molecule has 0 aliphatic carbocycles. The molecule has 1 rings (SSSR count). The lowest BCUT2D eigenvalue weighted by Crippen LogP contribution is -2.24. The number of methoxy groups -OCH3 is 2. The van der Waals surface area contributed by atoms with Crippen molar-refractivity contribution in [2.75, 3.05) is 20.8 Å². The summed E-state index contributed by atoms with van der Waals surface area (Å²) in [5, 5.41) is 2.91. The van der Waals surface area contributed by atoms with E-state index in [0.717, 1.165) is 12.8 Å². The first kappa shape index (κ1) is 15.3. The Balaban J connectivity index is 2.56. The van der Waals surface area contributed by atoms with Crippen LogP contribution in [-0.4, -0.2) is 26.7 Å². The molecule has 0 saturated heterocycles. The van der Waals surface area contributed by atoms with Gasteiger partial charge in [-0.1, -0.05) is 26.2 Å². The van der Waals surface area contributed by atoms with Crippen molar-refractivity contribution >= 4 is 5.91 Å². The minimum absolute atomic E-state index is 0.101. The fourth-order valence-electron chi connectivity index (χ4n) is 1.84. The van der Waals surface area contributed by atoms with Crippen molar-refractivity contribution in [3.05, 3.63) is 23.8 Å². The van der Waals surface area contributed by atoms with Gasteiger partial charge in [-0.25, -0.2) is 0 Å². The summed E-state index contributed by atoms with van der Waals surface area (Å²) < 4.78 is 10.3. The molecule has 0 saturated carbocycles. The zero-order chi connectivity index (χ0) is 14.1. The topological polar surface area (TPSA) is 47.6 Å². The number of ether oxygens (including phenoxy) is 2. The van der Waals surface area contributed by atoms with Gasteiger partial charge in [0, 0.05) is 12.6 Å². The molecule has 0 radical (unpaired) electrons. The minimum atomic E-state index is -0.101. The molecule has 19 heavy (non-hydrogen) atoms. The summed E-state index contributed by atoms with van der Waals surface area (Å²) in [6, 6.07) is 5.19. The van der Waals surface area contributed by atoms with Crippen molar-refractivity contribution in [2.24, 2.45) is 0 Å². The Hall–Kier alpha value is -1.71. The molecule has 1 N–H and O–H groups in total. The Bertz CT molecular complexity index is 404. The lowest BCUT2D eigenvalue weighted by molar-refractivity contribution is 0.0950. The predicted molar refractivity (Wildman–Crippen MR) is 76.0 cm³/mol. The summed E-state index contributed by atoms with van der Waals surface area (Å²) in [5.41, 5.74) is 0.541. The summed E-state index contributed by atoms with van der Waals surface area (Å²) in [7, 11) is 3.13. The van der Waals surface area contributed by atoms with Crippen LogP contribution in [0.4, 0.5) is 0 Å². The number of rotatable bonds is 8. The molecule has 0 aliphatic heterocycles. The van der Waals surface area contributed by atoms with Crippen molar-refractivity contribution in [2.45, 2.75) is 32.6 Å². The van der Waals surface area contributed by atoms with E-state index in [4.69, 9.17) is 9.47 Å². The molecule has 0 atom stereocenters. The number of unbranched alkanes of at least 4 members (excludes halogenated alkanes) is 3. The zero-order valence-electron chi connectivity index (χ0n) is 12.0. The Morgan fingerprint density at radius 2 is 1.95 bits per heavy atom. The number of amides is 1. The summed E-state index contributed by atoms with van der Waals surface area (Å²) >= 11 is 0. The largest absolute Gasteiger partial charge is 0.497 e. The number of nitrogens with one attached hydrogen (secondary N) is 1. The van der Waals surface area contributed by atoms with E-state index in [1.807, 2.05) is 0 Å². The van der Waals surface area contributed by atoms with E-state index in [1.54, 1.807) is 32.4 Å². The van der Waals surface area contributed by atoms with Crippen molar-refractivity contribution < 1.29 is 14.3 Å². The number of hydrogen-bond acceptors (Lipinski definition) is 3. The molecule has 4 heteroatoms. The van der Waals surface area contributed by atoms with Crippen LogP contribution in [0, 0.1) is 0 Å². The van der Waals surface area contributed by atoms with E-state index in [1.165, 1.54) is 12.8 Å². The van der Waals surface area contributed by atoms with Gasteiger partial charge in [-0.15, -0.1) is 0 Å². The molecule has 1 aromatic carbocycles. The Labute approximate surface area is 115 Å². The molecule has 1 aromatic rings. The van der Waals surface area contributed by atoms with E-state index < -0.39 is 0 Å². The number of carbonyl (C=O) groups is 1. The van der Waals surface area contributed by atoms with Crippen LogP contribution in [0.25, 0.3) is 0 Å². The maximum Gasteiger partial charge on any atom is 0.255 e. The molecule has 0 heterocycles. The molecule has 0 fully saturated rings. The molecule has 0 spiro atoms. The van der Waals surface area contributed by atoms with Crippen molar-refractivity contribution in [3.8, 4) is 11.5 Å². The summed E-state index contributed by atoms with van der Waals surface area (Å²) in [4.78, 5) is 12.0. The second-order valence-corrected chi connectivity index (χ2v) is 4.38. The van der Waals surface area contributed by atoms with Crippen LogP contribution in [0.5, 0.6) is 11.5 Å². The Morgan fingerprint density at radius 3 is 2.58 bits per heavy atom. The van der Waals surface area contributed by atoms with E-state index in [-0.39, 0.29) is 5.91 Å². The first-order chi connectivity index (χ1) is 9.22. The highest BCUT2D eigenvalue weighted by Crippen LogP contribution is 2.24. The Morgan fingerprint density at radius 1 is 1.16 bits per heavy atom. The molecule has 0 bridgehead atoms. The maximum atomic E-state index is 12.0. The minimum Gasteiger partial charge on any atom is -0.497 e. The van der Waals surface area contributed by atoms with E-state index in [9.17, 15) is 4.79 Å². The normalized spacial score (nSPS) is 10.1. The molecule has 0 unspecified atom stereocenters. The lowest BCUT2D eigenvalue weighted by atomic mass is 10.1. The number of hydrogen-bond donors (Lipinski definition) is 1. The molecule has 1 amide bonds. The van der Waals surface area contributed by atoms with Gasteiger partial charge < -0.3 is 14.8 Å². The van der Waals surface area contributed by atoms with E-state index in [2.05, 4.69) is 12.2 Å². The summed E-state index contributed by atoms with van der Waals surface area (Å²) in [6.45, 7) is 2.87. The quantitative estimate of drug-likeness (QED) is 0.735. The molecule has 0 aliphatic rings. The highest BCUT2D eigenvalue weighted by Gasteiger charge is 2.12. The first-order valence-corrected chi connectivity index (χ1v) is 6.73. The average Bonchev–Trinajstić information content (AvgIpc) is 2.46. The van der Waals surface area contributed by atoms with Crippen molar-refractivity contribution in [1.29, 1.82) is 0 Å². The third kappa shape index (κ3) is 4.81. The van der Waals surface area contributed by atoms with Crippen LogP contribution in [0.15, 0.2) is 18.2 Å². The summed E-state index contributed by atoms with van der Waals surface area (Å²) in [5.74, 6) is 1.11. The Kier molecular flexibility index (Phi) is 6.79. The second-order valence-electron chi connectivity index (χ2n) is 4.38. The highest BCUT2D eigenvalue weighted by atomic mass is 16.5. The van der Waals surface area contributed by atoms with Crippen LogP contribution >= 0.6 is 0 Å². The fraction of sp³-hybridized carbons (Fsp3) is 0.533. The summed E-state index contributed by atoms with van der Waals surface area (Å²) in [6.07, 6.45) is 4.57. The van der Waals surface area contributed by atoms with E-state index in [0.29, 0.717) is 23.6 Å². The monoisotopic (exact) mass is 265 g/mol. The smallest absolute Gasteiger partial charge is 0.255 e. The van der Waals surface area contributed by atoms with Crippen LogP contribution in [0.3, 0.4) is 0 Å². The SMILES string of the molecule is CCCCCCNC(=O)c1ccc(OC)cc1OC. The molecule has 0 aromatic heterocycles. The standard InChI is InChI=1S/C15H23NO3/c1-4-5-6-7-10-16-15(17)13-9-8-12(18-2)11-14(13)19-3/h8-9,11H,4-7,10H2,1-3H3,(H,16,17). The van der Waals surface area contributed by atoms with Gasteiger partial charge in [-0.3, -0.25) is 4.79 Å². The third-order valence-electron chi connectivity index (χ3n) is 2.97. The number of carbonyl (C=O) groups excluding carboxylic acids is 1. The molecule has 4 nitrogen and oxygen atoms in total. The van der Waals surface area contributed by atoms with Gasteiger partial charge in [-0.2, -0.15) is 0 Å². The molecular formula is C15H23NO3. The number of benzene rings is 1. The highest BCUT2D eigenvalue weighted by molar-refractivity contribution is 5.97. The van der Waals surface area contributed by atoms with Crippen molar-refractivity contribution in [3.63, 3.8) is 0 Å². The lowest BCUT2D eigenvalue weighted by Gasteiger charge is -2.10. The van der Waals surface area contributed by atoms with Crippen LogP contribution in [-0.2, 0) is 0 Å². The van der Waals surface area contributed by atoms with Gasteiger partial charge in [0.05, 0.1) is 19.8 Å². The third-order valence-corrected chi connectivity index (χ3v) is 2.97. The average molecular weight is 265 g/mol. The van der Waals surface area contributed by atoms with Gasteiger partial charge in [-0.05, 0) is 18.6 Å². The second kappa shape index (κ2) is 8.40. The first-order valence-electron chi connectivity index (χ1n) is 6.73. The van der Waals surface area contributed by atoms with Gasteiger partial charge >= 0.3 is 0 Å². The van der Waals surface area contributed by atoms with Gasteiger partial charge in [0.2, 0.25) is 0 Å². The maximum absolute atomic E-state index is 12.0. The molecular weight excluding hydrogens is 242 g/mol. The van der Waals surface area contributed by atoms with Gasteiger partial charge in [0.25, 0.3) is 5.91 Å². The van der Waals surface area contributed by atoms with Gasteiger partial charge in [0.1, 0.15) is 11.5 Å². The predicted octanol–water partition coefficient (Wildman–Crippen LogP) is 3.01. The van der Waals surface area contributed by atoms with Crippen LogP contribution in [0.1, 0.15) is 43.0 Å². The fourth-order valence-corrected chi connectivity index (χ4v) is 1.84. The molecule has 106 valence electrons. The van der Waals surface area contributed by atoms with E-state index >= 15 is 0 Å². The van der Waals surface area contributed by atoms with Crippen molar-refractivity contribution in [1.82, 2.24) is 5.32 Å².